The summed E-state index contributed by atoms with van der Waals surface area (Å²) in [6.07, 6.45) is 0.874. The zero-order chi connectivity index (χ0) is 14.6. The first-order valence-electron chi connectivity index (χ1n) is 5.78. The van der Waals surface area contributed by atoms with Crippen molar-refractivity contribution in [1.82, 2.24) is 4.72 Å². The summed E-state index contributed by atoms with van der Waals surface area (Å²) in [5, 5.41) is 17.7. The van der Waals surface area contributed by atoms with Crippen LogP contribution in [0.5, 0.6) is 0 Å². The Hall–Kier alpha value is -0.960. The molecule has 1 unspecified atom stereocenters. The van der Waals surface area contributed by atoms with Gasteiger partial charge in [-0.1, -0.05) is 6.92 Å². The van der Waals surface area contributed by atoms with Gasteiger partial charge in [-0.2, -0.15) is 0 Å². The Morgan fingerprint density at radius 3 is 2.58 bits per heavy atom. The SMILES string of the molecule is CCC(CCO)NS(=O)(=O)c1cc(C(=O)O)sc1C. The van der Waals surface area contributed by atoms with E-state index in [2.05, 4.69) is 4.72 Å². The number of hydrogen-bond donors (Lipinski definition) is 3. The van der Waals surface area contributed by atoms with Crippen molar-refractivity contribution in [1.29, 1.82) is 0 Å². The zero-order valence-electron chi connectivity index (χ0n) is 10.7. The van der Waals surface area contributed by atoms with E-state index >= 15 is 0 Å². The molecule has 0 saturated heterocycles. The normalized spacial score (nSPS) is 13.4. The lowest BCUT2D eigenvalue weighted by molar-refractivity contribution is 0.0702. The fraction of sp³-hybridized carbons (Fsp3) is 0.545. The predicted molar refractivity (Wildman–Crippen MR) is 72.1 cm³/mol. The summed E-state index contributed by atoms with van der Waals surface area (Å²) in [7, 11) is -3.75. The molecule has 8 heteroatoms. The van der Waals surface area contributed by atoms with Crippen molar-refractivity contribution < 1.29 is 23.4 Å². The van der Waals surface area contributed by atoms with Crippen LogP contribution in [0.15, 0.2) is 11.0 Å². The van der Waals surface area contributed by atoms with Gasteiger partial charge in [0.05, 0.1) is 4.90 Å². The number of aliphatic hydroxyl groups is 1. The molecule has 1 aromatic heterocycles. The molecule has 0 aromatic carbocycles. The van der Waals surface area contributed by atoms with Crippen molar-refractivity contribution in [2.45, 2.75) is 37.6 Å². The Morgan fingerprint density at radius 2 is 2.16 bits per heavy atom. The van der Waals surface area contributed by atoms with E-state index in [4.69, 9.17) is 10.2 Å². The van der Waals surface area contributed by atoms with Crippen LogP contribution in [0.4, 0.5) is 0 Å². The van der Waals surface area contributed by atoms with Crippen molar-refractivity contribution in [3.8, 4) is 0 Å². The molecule has 0 bridgehead atoms. The van der Waals surface area contributed by atoms with Crippen LogP contribution in [0.1, 0.15) is 34.3 Å². The van der Waals surface area contributed by atoms with Gasteiger partial charge in [0.1, 0.15) is 4.88 Å². The molecular formula is C11H17NO5S2. The van der Waals surface area contributed by atoms with Gasteiger partial charge in [0.2, 0.25) is 10.0 Å². The zero-order valence-corrected chi connectivity index (χ0v) is 12.3. The molecule has 1 atom stereocenters. The van der Waals surface area contributed by atoms with Crippen LogP contribution in [0.3, 0.4) is 0 Å². The van der Waals surface area contributed by atoms with Gasteiger partial charge in [0.15, 0.2) is 0 Å². The van der Waals surface area contributed by atoms with Gasteiger partial charge in [-0.15, -0.1) is 11.3 Å². The van der Waals surface area contributed by atoms with E-state index in [0.717, 1.165) is 17.4 Å². The van der Waals surface area contributed by atoms with E-state index in [-0.39, 0.29) is 22.4 Å². The molecule has 6 nitrogen and oxygen atoms in total. The summed E-state index contributed by atoms with van der Waals surface area (Å²) in [5.74, 6) is -1.14. The number of aromatic carboxylic acids is 1. The largest absolute Gasteiger partial charge is 0.477 e. The smallest absolute Gasteiger partial charge is 0.345 e. The number of rotatable bonds is 7. The van der Waals surface area contributed by atoms with E-state index in [0.29, 0.717) is 17.7 Å². The van der Waals surface area contributed by atoms with E-state index in [1.165, 1.54) is 0 Å². The molecule has 0 saturated carbocycles. The minimum absolute atomic E-state index is 0.00641. The van der Waals surface area contributed by atoms with Crippen LogP contribution in [0.25, 0.3) is 0 Å². The number of carboxylic acids is 1. The standard InChI is InChI=1S/C11H17NO5S2/c1-3-8(4-5-13)12-19(16,17)10-6-9(11(14)15)18-7(10)2/h6,8,12-13H,3-5H2,1-2H3,(H,14,15). The number of aryl methyl sites for hydroxylation is 1. The third kappa shape index (κ3) is 4.00. The lowest BCUT2D eigenvalue weighted by atomic mass is 10.2. The molecule has 0 spiro atoms. The third-order valence-corrected chi connectivity index (χ3v) is 5.48. The highest BCUT2D eigenvalue weighted by Crippen LogP contribution is 2.26. The van der Waals surface area contributed by atoms with Crippen LogP contribution < -0.4 is 4.72 Å². The van der Waals surface area contributed by atoms with Gasteiger partial charge in [0, 0.05) is 17.5 Å². The Balaban J connectivity index is 3.03. The fourth-order valence-corrected chi connectivity index (χ4v) is 4.41. The van der Waals surface area contributed by atoms with Crippen LogP contribution in [0.2, 0.25) is 0 Å². The van der Waals surface area contributed by atoms with Crippen molar-refractivity contribution in [3.05, 3.63) is 15.8 Å². The molecule has 1 rings (SSSR count). The molecule has 1 aromatic rings. The highest BCUT2D eigenvalue weighted by atomic mass is 32.2. The van der Waals surface area contributed by atoms with Crippen molar-refractivity contribution in [3.63, 3.8) is 0 Å². The van der Waals surface area contributed by atoms with Crippen molar-refractivity contribution >= 4 is 27.3 Å². The Labute approximate surface area is 116 Å². The van der Waals surface area contributed by atoms with Crippen LogP contribution in [-0.2, 0) is 10.0 Å². The van der Waals surface area contributed by atoms with Gasteiger partial charge in [-0.25, -0.2) is 17.9 Å². The first-order chi connectivity index (χ1) is 8.81. The highest BCUT2D eigenvalue weighted by molar-refractivity contribution is 7.89. The molecule has 0 radical (unpaired) electrons. The average Bonchev–Trinajstić information content (AvgIpc) is 2.71. The summed E-state index contributed by atoms with van der Waals surface area (Å²) in [6, 6.07) is 0.804. The Kier molecular flexibility index (Phi) is 5.48. The molecule has 0 amide bonds. The van der Waals surface area contributed by atoms with Crippen LogP contribution in [0, 0.1) is 6.92 Å². The molecule has 19 heavy (non-hydrogen) atoms. The molecule has 0 aliphatic carbocycles. The first kappa shape index (κ1) is 16.1. The number of aliphatic hydroxyl groups excluding tert-OH is 1. The molecular weight excluding hydrogens is 290 g/mol. The van der Waals surface area contributed by atoms with Gasteiger partial charge >= 0.3 is 5.97 Å². The number of sulfonamides is 1. The summed E-state index contributed by atoms with van der Waals surface area (Å²) >= 11 is 0.929. The van der Waals surface area contributed by atoms with Gasteiger partial charge in [-0.05, 0) is 25.8 Å². The molecule has 0 aliphatic rings. The minimum Gasteiger partial charge on any atom is -0.477 e. The molecule has 3 N–H and O–H groups in total. The lowest BCUT2D eigenvalue weighted by Gasteiger charge is -2.15. The fourth-order valence-electron chi connectivity index (χ4n) is 1.62. The quantitative estimate of drug-likeness (QED) is 0.702. The van der Waals surface area contributed by atoms with Gasteiger partial charge in [0.25, 0.3) is 0 Å². The van der Waals surface area contributed by atoms with Crippen molar-refractivity contribution in [2.24, 2.45) is 0 Å². The molecule has 1 heterocycles. The number of nitrogens with one attached hydrogen (secondary N) is 1. The number of thiophene rings is 1. The monoisotopic (exact) mass is 307 g/mol. The topological polar surface area (TPSA) is 104 Å². The Morgan fingerprint density at radius 1 is 1.53 bits per heavy atom. The maximum absolute atomic E-state index is 12.2. The number of carboxylic acid groups (broad SMARTS) is 1. The lowest BCUT2D eigenvalue weighted by Crippen LogP contribution is -2.35. The van der Waals surface area contributed by atoms with Gasteiger partial charge in [-0.3, -0.25) is 0 Å². The maximum Gasteiger partial charge on any atom is 0.345 e. The molecule has 108 valence electrons. The van der Waals surface area contributed by atoms with E-state index < -0.39 is 16.0 Å². The van der Waals surface area contributed by atoms with E-state index in [1.807, 2.05) is 6.92 Å². The van der Waals surface area contributed by atoms with Crippen LogP contribution >= 0.6 is 11.3 Å². The minimum atomic E-state index is -3.75. The third-order valence-electron chi connectivity index (χ3n) is 2.66. The summed E-state index contributed by atoms with van der Waals surface area (Å²) in [6.45, 7) is 3.27. The average molecular weight is 307 g/mol. The van der Waals surface area contributed by atoms with Crippen molar-refractivity contribution in [2.75, 3.05) is 6.61 Å². The second-order valence-electron chi connectivity index (χ2n) is 4.07. The predicted octanol–water partition coefficient (Wildman–Crippen LogP) is 1.19. The Bertz CT molecular complexity index is 549. The highest BCUT2D eigenvalue weighted by Gasteiger charge is 2.24. The first-order valence-corrected chi connectivity index (χ1v) is 8.08. The summed E-state index contributed by atoms with van der Waals surface area (Å²) in [5.41, 5.74) is 0. The van der Waals surface area contributed by atoms with E-state index in [1.54, 1.807) is 6.92 Å². The second kappa shape index (κ2) is 6.47. The second-order valence-corrected chi connectivity index (χ2v) is 7.01. The van der Waals surface area contributed by atoms with Gasteiger partial charge < -0.3 is 10.2 Å². The number of carbonyl (C=O) groups is 1. The molecule has 0 fully saturated rings. The summed E-state index contributed by atoms with van der Waals surface area (Å²) in [4.78, 5) is 11.3. The summed E-state index contributed by atoms with van der Waals surface area (Å²) < 4.78 is 26.8. The van der Waals surface area contributed by atoms with Crippen LogP contribution in [-0.4, -0.2) is 37.2 Å². The number of hydrogen-bond acceptors (Lipinski definition) is 5. The van der Waals surface area contributed by atoms with E-state index in [9.17, 15) is 13.2 Å². The maximum atomic E-state index is 12.2. The molecule has 0 aliphatic heterocycles.